The molecule has 0 saturated carbocycles. The molecule has 0 aromatic heterocycles. The van der Waals surface area contributed by atoms with Crippen LogP contribution in [0.1, 0.15) is 13.3 Å². The molecule has 0 bridgehead atoms. The monoisotopic (exact) mass is 236 g/mol. The number of nitrogens with one attached hydrogen (secondary N) is 2. The number of amides is 2. The van der Waals surface area contributed by atoms with Crippen molar-refractivity contribution in [3.8, 4) is 0 Å². The van der Waals surface area contributed by atoms with Gasteiger partial charge in [-0.1, -0.05) is 0 Å². The zero-order chi connectivity index (χ0) is 11.7. The van der Waals surface area contributed by atoms with Crippen LogP contribution in [0, 0.1) is 0 Å². The fourth-order valence-corrected chi connectivity index (χ4v) is 1.04. The molecule has 2 unspecified atom stereocenters. The highest BCUT2D eigenvalue weighted by Crippen LogP contribution is 2.02. The smallest absolute Gasteiger partial charge is 0.410 e. The van der Waals surface area contributed by atoms with Crippen molar-refractivity contribution in [3.05, 3.63) is 0 Å². The van der Waals surface area contributed by atoms with Gasteiger partial charge in [0.15, 0.2) is 0 Å². The van der Waals surface area contributed by atoms with Crippen molar-refractivity contribution in [2.24, 2.45) is 0 Å². The summed E-state index contributed by atoms with van der Waals surface area (Å²) in [7, 11) is 3.98. The molecule has 0 heterocycles. The molecule has 7 heteroatoms. The molecule has 0 fully saturated rings. The van der Waals surface area contributed by atoms with E-state index in [4.69, 9.17) is 9.47 Å². The van der Waals surface area contributed by atoms with Crippen LogP contribution in [0.2, 0.25) is 0 Å². The average Bonchev–Trinajstić information content (AvgIpc) is 2.16. The van der Waals surface area contributed by atoms with E-state index >= 15 is 0 Å². The van der Waals surface area contributed by atoms with Gasteiger partial charge in [0, 0.05) is 20.5 Å². The van der Waals surface area contributed by atoms with Crippen molar-refractivity contribution >= 4 is 21.2 Å². The van der Waals surface area contributed by atoms with E-state index in [1.807, 2.05) is 0 Å². The Morgan fingerprint density at radius 3 is 2.53 bits per heavy atom. The third-order valence-corrected chi connectivity index (χ3v) is 1.81. The molecule has 0 aromatic rings. The summed E-state index contributed by atoms with van der Waals surface area (Å²) in [4.78, 5) is 21.6. The Bertz CT molecular complexity index is 213. The predicted octanol–water partition coefficient (Wildman–Crippen LogP) is 0.0439. The van der Waals surface area contributed by atoms with E-state index in [1.54, 1.807) is 0 Å². The summed E-state index contributed by atoms with van der Waals surface area (Å²) < 4.78 is 9.79. The minimum absolute atomic E-state index is 0.0471. The second-order valence-corrected chi connectivity index (χ2v) is 3.31. The van der Waals surface area contributed by atoms with E-state index in [2.05, 4.69) is 19.9 Å². The van der Waals surface area contributed by atoms with Crippen LogP contribution >= 0.6 is 9.24 Å². The van der Waals surface area contributed by atoms with Crippen LogP contribution < -0.4 is 10.6 Å². The summed E-state index contributed by atoms with van der Waals surface area (Å²) >= 11 is 0. The number of hydrogen-bond acceptors (Lipinski definition) is 4. The normalized spacial score (nSPS) is 11.7. The van der Waals surface area contributed by atoms with Gasteiger partial charge >= 0.3 is 6.09 Å². The first-order chi connectivity index (χ1) is 7.10. The van der Waals surface area contributed by atoms with Crippen LogP contribution in [0.3, 0.4) is 0 Å². The number of rotatable bonds is 6. The van der Waals surface area contributed by atoms with Gasteiger partial charge in [-0.05, 0) is 6.16 Å². The maximum absolute atomic E-state index is 11.1. The highest BCUT2D eigenvalue weighted by Gasteiger charge is 2.11. The van der Waals surface area contributed by atoms with Gasteiger partial charge in [-0.2, -0.15) is 0 Å². The Balaban J connectivity index is 3.66. The Kier molecular flexibility index (Phi) is 7.95. The summed E-state index contributed by atoms with van der Waals surface area (Å²) in [6.45, 7) is 1.41. The molecule has 6 nitrogen and oxygen atoms in total. The average molecular weight is 236 g/mol. The maximum atomic E-state index is 11.1. The van der Waals surface area contributed by atoms with Crippen LogP contribution in [0.4, 0.5) is 4.79 Å². The Labute approximate surface area is 91.3 Å². The Morgan fingerprint density at radius 2 is 2.07 bits per heavy atom. The second kappa shape index (κ2) is 8.44. The van der Waals surface area contributed by atoms with E-state index in [-0.39, 0.29) is 12.6 Å². The van der Waals surface area contributed by atoms with Gasteiger partial charge in [0.25, 0.3) is 0 Å². The van der Waals surface area contributed by atoms with Crippen molar-refractivity contribution in [2.75, 3.05) is 19.9 Å². The van der Waals surface area contributed by atoms with Crippen molar-refractivity contribution < 1.29 is 19.1 Å². The first-order valence-electron chi connectivity index (χ1n) is 4.52. The summed E-state index contributed by atoms with van der Waals surface area (Å²) in [6, 6.07) is 0. The van der Waals surface area contributed by atoms with Crippen LogP contribution in [-0.2, 0) is 14.3 Å². The molecule has 0 aliphatic heterocycles. The van der Waals surface area contributed by atoms with Gasteiger partial charge in [-0.3, -0.25) is 4.79 Å². The molecule has 0 aromatic carbocycles. The van der Waals surface area contributed by atoms with Crippen molar-refractivity contribution in [2.45, 2.75) is 19.6 Å². The second-order valence-electron chi connectivity index (χ2n) is 2.73. The quantitative estimate of drug-likeness (QED) is 0.504. The SMILES string of the molecule is COC(CCP)OC(=O)NCNC(C)=O. The van der Waals surface area contributed by atoms with Crippen LogP contribution in [0.5, 0.6) is 0 Å². The van der Waals surface area contributed by atoms with Gasteiger partial charge in [-0.15, -0.1) is 9.24 Å². The highest BCUT2D eigenvalue weighted by atomic mass is 31.0. The molecule has 0 spiro atoms. The minimum Gasteiger partial charge on any atom is -0.420 e. The summed E-state index contributed by atoms with van der Waals surface area (Å²) in [5, 5.41) is 4.76. The molecular weight excluding hydrogens is 219 g/mol. The fourth-order valence-electron chi connectivity index (χ4n) is 0.763. The van der Waals surface area contributed by atoms with E-state index in [0.717, 1.165) is 6.16 Å². The molecular formula is C8H17N2O4P. The first kappa shape index (κ1) is 14.1. The number of hydrogen-bond donors (Lipinski definition) is 2. The number of carbonyl (C=O) groups excluding carboxylic acids is 2. The van der Waals surface area contributed by atoms with Crippen LogP contribution in [0.15, 0.2) is 0 Å². The minimum atomic E-state index is -0.617. The molecule has 2 amide bonds. The summed E-state index contributed by atoms with van der Waals surface area (Å²) in [5.74, 6) is -0.219. The number of methoxy groups -OCH3 is 1. The topological polar surface area (TPSA) is 76.7 Å². The molecule has 0 rings (SSSR count). The molecule has 15 heavy (non-hydrogen) atoms. The first-order valence-corrected chi connectivity index (χ1v) is 5.33. The lowest BCUT2D eigenvalue weighted by Gasteiger charge is -2.15. The molecule has 0 aliphatic rings. The fraction of sp³-hybridized carbons (Fsp3) is 0.750. The lowest BCUT2D eigenvalue weighted by atomic mass is 10.5. The number of ether oxygens (including phenoxy) is 2. The molecule has 0 saturated heterocycles. The maximum Gasteiger partial charge on any atom is 0.410 e. The Hall–Kier alpha value is -0.870. The molecule has 0 aliphatic carbocycles. The lowest BCUT2D eigenvalue weighted by molar-refractivity contribution is -0.119. The van der Waals surface area contributed by atoms with E-state index in [9.17, 15) is 9.59 Å². The number of carbonyl (C=O) groups is 2. The molecule has 0 radical (unpaired) electrons. The van der Waals surface area contributed by atoms with E-state index in [1.165, 1.54) is 14.0 Å². The third-order valence-electron chi connectivity index (χ3n) is 1.47. The third kappa shape index (κ3) is 8.15. The zero-order valence-corrected chi connectivity index (χ0v) is 10.1. The van der Waals surface area contributed by atoms with E-state index in [0.29, 0.717) is 6.42 Å². The number of alkyl carbamates (subject to hydrolysis) is 1. The van der Waals surface area contributed by atoms with E-state index < -0.39 is 12.4 Å². The zero-order valence-electron chi connectivity index (χ0n) is 8.91. The molecule has 2 atom stereocenters. The summed E-state index contributed by atoms with van der Waals surface area (Å²) in [5.41, 5.74) is 0. The van der Waals surface area contributed by atoms with Crippen molar-refractivity contribution in [3.63, 3.8) is 0 Å². The van der Waals surface area contributed by atoms with Crippen LogP contribution in [-0.4, -0.2) is 38.2 Å². The molecule has 2 N–H and O–H groups in total. The van der Waals surface area contributed by atoms with Gasteiger partial charge in [0.2, 0.25) is 12.2 Å². The predicted molar refractivity (Wildman–Crippen MR) is 58.3 cm³/mol. The summed E-state index contributed by atoms with van der Waals surface area (Å²) in [6.07, 6.45) is 0.209. The van der Waals surface area contributed by atoms with Gasteiger partial charge in [0.1, 0.15) is 0 Å². The highest BCUT2D eigenvalue weighted by molar-refractivity contribution is 7.16. The van der Waals surface area contributed by atoms with Gasteiger partial charge in [0.05, 0.1) is 6.67 Å². The van der Waals surface area contributed by atoms with Crippen molar-refractivity contribution in [1.82, 2.24) is 10.6 Å². The largest absolute Gasteiger partial charge is 0.420 e. The lowest BCUT2D eigenvalue weighted by Crippen LogP contribution is -2.38. The van der Waals surface area contributed by atoms with Gasteiger partial charge < -0.3 is 20.1 Å². The van der Waals surface area contributed by atoms with Crippen molar-refractivity contribution in [1.29, 1.82) is 0 Å². The van der Waals surface area contributed by atoms with Crippen LogP contribution in [0.25, 0.3) is 0 Å². The Morgan fingerprint density at radius 1 is 1.40 bits per heavy atom. The molecule has 88 valence electrons. The van der Waals surface area contributed by atoms with Gasteiger partial charge in [-0.25, -0.2) is 4.79 Å². The standard InChI is InChI=1S/C8H17N2O4P/c1-6(11)9-5-10-8(12)14-7(13-2)3-4-15/h7H,3-5,15H2,1-2H3,(H,9,11)(H,10,12).